The van der Waals surface area contributed by atoms with Gasteiger partial charge in [0.25, 0.3) is 5.91 Å². The van der Waals surface area contributed by atoms with Crippen molar-refractivity contribution in [2.75, 3.05) is 6.54 Å². The summed E-state index contributed by atoms with van der Waals surface area (Å²) in [6.07, 6.45) is 3.62. The predicted octanol–water partition coefficient (Wildman–Crippen LogP) is 2.42. The Kier molecular flexibility index (Phi) is 4.53. The number of aryl methyl sites for hydroxylation is 1. The minimum atomic E-state index is -0.174. The lowest BCUT2D eigenvalue weighted by Gasteiger charge is -2.23. The van der Waals surface area contributed by atoms with Crippen molar-refractivity contribution in [1.82, 2.24) is 19.6 Å². The highest BCUT2D eigenvalue weighted by Gasteiger charge is 2.28. The number of amides is 1. The van der Waals surface area contributed by atoms with Gasteiger partial charge in [0.05, 0.1) is 37.2 Å². The molecule has 134 valence electrons. The summed E-state index contributed by atoms with van der Waals surface area (Å²) in [5.74, 6) is 0.0812. The number of ether oxygens (including phenoxy) is 1. The summed E-state index contributed by atoms with van der Waals surface area (Å²) in [7, 11) is 0. The molecule has 0 unspecified atom stereocenters. The van der Waals surface area contributed by atoms with Crippen molar-refractivity contribution in [3.63, 3.8) is 0 Å². The van der Waals surface area contributed by atoms with Gasteiger partial charge in [-0.25, -0.2) is 0 Å². The molecule has 4 rings (SSSR count). The Balaban J connectivity index is 1.52. The van der Waals surface area contributed by atoms with Crippen LogP contribution in [0.25, 0.3) is 0 Å². The monoisotopic (exact) mass is 352 g/mol. The van der Waals surface area contributed by atoms with Crippen LogP contribution in [0.2, 0.25) is 0 Å². The van der Waals surface area contributed by atoms with Crippen molar-refractivity contribution in [3.8, 4) is 0 Å². The molecular weight excluding hydrogens is 332 g/mol. The lowest BCUT2D eigenvalue weighted by molar-refractivity contribution is 0.00830. The van der Waals surface area contributed by atoms with E-state index in [1.54, 1.807) is 24.1 Å². The summed E-state index contributed by atoms with van der Waals surface area (Å²) < 4.78 is 13.4. The number of hydrogen-bond donors (Lipinski definition) is 0. The number of carbonyl (C=O) groups excluding carboxylic acids is 1. The van der Waals surface area contributed by atoms with Gasteiger partial charge < -0.3 is 18.7 Å². The van der Waals surface area contributed by atoms with Crippen LogP contribution in [-0.4, -0.2) is 38.2 Å². The van der Waals surface area contributed by atoms with E-state index in [4.69, 9.17) is 9.26 Å². The Morgan fingerprint density at radius 3 is 3.00 bits per heavy atom. The largest absolute Gasteiger partial charge is 0.368 e. The van der Waals surface area contributed by atoms with Crippen LogP contribution in [0.3, 0.4) is 0 Å². The summed E-state index contributed by atoms with van der Waals surface area (Å²) >= 11 is 0. The maximum absolute atomic E-state index is 12.8. The highest BCUT2D eigenvalue weighted by atomic mass is 16.5. The van der Waals surface area contributed by atoms with E-state index < -0.39 is 0 Å². The van der Waals surface area contributed by atoms with Crippen molar-refractivity contribution >= 4 is 5.91 Å². The lowest BCUT2D eigenvalue weighted by Crippen LogP contribution is -2.37. The molecule has 0 saturated carbocycles. The SMILES string of the molecule is Cc1cc(C(=O)N2Cc3cccn3C[C@@H](OCc3ccccn3)C2)on1. The molecule has 0 spiro atoms. The first-order chi connectivity index (χ1) is 12.7. The number of carbonyl (C=O) groups is 1. The summed E-state index contributed by atoms with van der Waals surface area (Å²) in [6.45, 7) is 3.88. The molecule has 0 bridgehead atoms. The van der Waals surface area contributed by atoms with Gasteiger partial charge >= 0.3 is 0 Å². The molecule has 1 aliphatic rings. The van der Waals surface area contributed by atoms with Crippen molar-refractivity contribution in [1.29, 1.82) is 0 Å². The molecule has 0 radical (unpaired) electrons. The second kappa shape index (κ2) is 7.13. The third-order valence-corrected chi connectivity index (χ3v) is 4.42. The zero-order chi connectivity index (χ0) is 17.9. The van der Waals surface area contributed by atoms with Crippen LogP contribution in [-0.2, 0) is 24.4 Å². The van der Waals surface area contributed by atoms with E-state index >= 15 is 0 Å². The summed E-state index contributed by atoms with van der Waals surface area (Å²) in [4.78, 5) is 18.9. The van der Waals surface area contributed by atoms with E-state index in [1.165, 1.54) is 0 Å². The average Bonchev–Trinajstić information content (AvgIpc) is 3.24. The highest BCUT2D eigenvalue weighted by molar-refractivity contribution is 5.91. The molecule has 1 aliphatic heterocycles. The van der Waals surface area contributed by atoms with Gasteiger partial charge in [-0.3, -0.25) is 9.78 Å². The average molecular weight is 352 g/mol. The maximum atomic E-state index is 12.8. The van der Waals surface area contributed by atoms with Crippen molar-refractivity contribution in [2.45, 2.75) is 32.7 Å². The number of aromatic nitrogens is 3. The molecule has 3 aromatic heterocycles. The van der Waals surface area contributed by atoms with Crippen LogP contribution in [0.4, 0.5) is 0 Å². The molecule has 0 saturated heterocycles. The number of hydrogen-bond acceptors (Lipinski definition) is 5. The molecule has 26 heavy (non-hydrogen) atoms. The Morgan fingerprint density at radius 1 is 1.31 bits per heavy atom. The molecule has 1 amide bonds. The van der Waals surface area contributed by atoms with Crippen LogP contribution in [0, 0.1) is 6.92 Å². The number of nitrogens with zero attached hydrogens (tertiary/aromatic N) is 4. The molecule has 0 aliphatic carbocycles. The predicted molar refractivity (Wildman–Crippen MR) is 93.2 cm³/mol. The van der Waals surface area contributed by atoms with Crippen LogP contribution in [0.5, 0.6) is 0 Å². The van der Waals surface area contributed by atoms with Crippen LogP contribution in [0.15, 0.2) is 53.3 Å². The van der Waals surface area contributed by atoms with Gasteiger partial charge in [-0.05, 0) is 31.2 Å². The third kappa shape index (κ3) is 3.52. The minimum absolute atomic E-state index is 0.140. The Bertz CT molecular complexity index is 887. The lowest BCUT2D eigenvalue weighted by atomic mass is 10.2. The molecule has 3 aromatic rings. The second-order valence-electron chi connectivity index (χ2n) is 6.42. The van der Waals surface area contributed by atoms with Crippen molar-refractivity contribution in [2.24, 2.45) is 0 Å². The minimum Gasteiger partial charge on any atom is -0.368 e. The first kappa shape index (κ1) is 16.5. The summed E-state index contributed by atoms with van der Waals surface area (Å²) in [6, 6.07) is 11.4. The Hall–Kier alpha value is -2.93. The summed E-state index contributed by atoms with van der Waals surface area (Å²) in [5, 5.41) is 3.82. The standard InChI is InChI=1S/C19H20N4O3/c1-14-9-18(26-21-14)19(24)23-10-16-6-4-8-22(16)11-17(12-23)25-13-15-5-2-3-7-20-15/h2-9,17H,10-13H2,1H3/t17-/m1/s1. The number of rotatable bonds is 4. The molecule has 7 nitrogen and oxygen atoms in total. The van der Waals surface area contributed by atoms with E-state index in [9.17, 15) is 4.79 Å². The smallest absolute Gasteiger partial charge is 0.292 e. The van der Waals surface area contributed by atoms with Gasteiger partial charge in [-0.15, -0.1) is 0 Å². The van der Waals surface area contributed by atoms with Crippen LogP contribution < -0.4 is 0 Å². The van der Waals surface area contributed by atoms with Gasteiger partial charge in [0.2, 0.25) is 5.76 Å². The molecule has 0 aromatic carbocycles. The van der Waals surface area contributed by atoms with Gasteiger partial charge in [0, 0.05) is 30.7 Å². The third-order valence-electron chi connectivity index (χ3n) is 4.42. The van der Waals surface area contributed by atoms with Crippen LogP contribution >= 0.6 is 0 Å². The highest BCUT2D eigenvalue weighted by Crippen LogP contribution is 2.19. The molecule has 4 heterocycles. The first-order valence-corrected chi connectivity index (χ1v) is 8.57. The fourth-order valence-electron chi connectivity index (χ4n) is 3.12. The quantitative estimate of drug-likeness (QED) is 0.721. The van der Waals surface area contributed by atoms with Crippen molar-refractivity contribution < 1.29 is 14.1 Å². The number of fused-ring (bicyclic) bond motifs is 1. The fraction of sp³-hybridized carbons (Fsp3) is 0.316. The van der Waals surface area contributed by atoms with Gasteiger partial charge in [-0.1, -0.05) is 11.2 Å². The van der Waals surface area contributed by atoms with E-state index in [0.29, 0.717) is 31.9 Å². The molecule has 7 heteroatoms. The van der Waals surface area contributed by atoms with E-state index in [0.717, 1.165) is 11.4 Å². The first-order valence-electron chi connectivity index (χ1n) is 8.57. The molecule has 0 fully saturated rings. The zero-order valence-electron chi connectivity index (χ0n) is 14.5. The zero-order valence-corrected chi connectivity index (χ0v) is 14.5. The van der Waals surface area contributed by atoms with Gasteiger partial charge in [0.15, 0.2) is 0 Å². The topological polar surface area (TPSA) is 73.4 Å². The summed E-state index contributed by atoms with van der Waals surface area (Å²) in [5.41, 5.74) is 2.63. The molecule has 0 N–H and O–H groups in total. The van der Waals surface area contributed by atoms with E-state index in [1.807, 2.05) is 36.5 Å². The Labute approximate surface area is 151 Å². The normalized spacial score (nSPS) is 17.0. The van der Waals surface area contributed by atoms with Crippen molar-refractivity contribution in [3.05, 3.63) is 71.6 Å². The van der Waals surface area contributed by atoms with E-state index in [-0.39, 0.29) is 17.8 Å². The maximum Gasteiger partial charge on any atom is 0.292 e. The van der Waals surface area contributed by atoms with Gasteiger partial charge in [-0.2, -0.15) is 0 Å². The van der Waals surface area contributed by atoms with Gasteiger partial charge in [0.1, 0.15) is 0 Å². The molecule has 1 atom stereocenters. The second-order valence-corrected chi connectivity index (χ2v) is 6.42. The number of pyridine rings is 1. The molecular formula is C19H20N4O3. The van der Waals surface area contributed by atoms with E-state index in [2.05, 4.69) is 14.7 Å². The Morgan fingerprint density at radius 2 is 2.23 bits per heavy atom. The van der Waals surface area contributed by atoms with Crippen LogP contribution in [0.1, 0.15) is 27.6 Å². The fourth-order valence-corrected chi connectivity index (χ4v) is 3.12.